The predicted octanol–water partition coefficient (Wildman–Crippen LogP) is 3.26. The first-order valence-electron chi connectivity index (χ1n) is 8.43. The molecular weight excluding hydrogens is 332 g/mol. The van der Waals surface area contributed by atoms with Crippen LogP contribution in [0.3, 0.4) is 0 Å². The standard InChI is InChI=1S/C20H22N2O4/c1-3-4-13-21-18(23)14-9-11-17(12-10-14)22-19(24)15-5-7-16(8-6-15)20(25)26-2/h5-12H,3-4,13H2,1-2H3,(H,21,23)(H,22,24). The van der Waals surface area contributed by atoms with Gasteiger partial charge in [-0.3, -0.25) is 9.59 Å². The number of methoxy groups -OCH3 is 1. The second-order valence-corrected chi connectivity index (χ2v) is 5.71. The van der Waals surface area contributed by atoms with Gasteiger partial charge in [0.05, 0.1) is 12.7 Å². The third-order valence-electron chi connectivity index (χ3n) is 3.79. The van der Waals surface area contributed by atoms with Crippen molar-refractivity contribution in [3.8, 4) is 0 Å². The molecule has 0 spiro atoms. The molecule has 0 aliphatic heterocycles. The lowest BCUT2D eigenvalue weighted by molar-refractivity contribution is 0.0600. The minimum Gasteiger partial charge on any atom is -0.465 e. The van der Waals surface area contributed by atoms with E-state index in [0.717, 1.165) is 12.8 Å². The first-order valence-corrected chi connectivity index (χ1v) is 8.43. The van der Waals surface area contributed by atoms with E-state index in [1.165, 1.54) is 19.2 Å². The molecule has 0 aliphatic rings. The zero-order valence-electron chi connectivity index (χ0n) is 14.9. The largest absolute Gasteiger partial charge is 0.465 e. The number of amides is 2. The highest BCUT2D eigenvalue weighted by atomic mass is 16.5. The molecule has 0 radical (unpaired) electrons. The second kappa shape index (κ2) is 9.36. The van der Waals surface area contributed by atoms with Crippen molar-refractivity contribution >= 4 is 23.5 Å². The Kier molecular flexibility index (Phi) is 6.91. The Morgan fingerprint density at radius 3 is 1.96 bits per heavy atom. The normalized spacial score (nSPS) is 10.1. The van der Waals surface area contributed by atoms with Gasteiger partial charge in [0.15, 0.2) is 0 Å². The zero-order valence-corrected chi connectivity index (χ0v) is 14.9. The third kappa shape index (κ3) is 5.17. The Morgan fingerprint density at radius 1 is 0.846 bits per heavy atom. The molecule has 0 aromatic heterocycles. The number of carbonyl (C=O) groups is 3. The highest BCUT2D eigenvalue weighted by Crippen LogP contribution is 2.12. The quantitative estimate of drug-likeness (QED) is 0.590. The summed E-state index contributed by atoms with van der Waals surface area (Å²) in [6.45, 7) is 2.71. The van der Waals surface area contributed by atoms with E-state index in [9.17, 15) is 14.4 Å². The highest BCUT2D eigenvalue weighted by Gasteiger charge is 2.10. The second-order valence-electron chi connectivity index (χ2n) is 5.71. The number of hydrogen-bond acceptors (Lipinski definition) is 4. The van der Waals surface area contributed by atoms with Gasteiger partial charge in [-0.05, 0) is 55.0 Å². The lowest BCUT2D eigenvalue weighted by Gasteiger charge is -2.08. The van der Waals surface area contributed by atoms with Gasteiger partial charge < -0.3 is 15.4 Å². The van der Waals surface area contributed by atoms with Gasteiger partial charge in [-0.2, -0.15) is 0 Å². The summed E-state index contributed by atoms with van der Waals surface area (Å²) < 4.78 is 4.62. The molecule has 0 heterocycles. The molecule has 0 aliphatic carbocycles. The van der Waals surface area contributed by atoms with Gasteiger partial charge in [-0.15, -0.1) is 0 Å². The van der Waals surface area contributed by atoms with Crippen molar-refractivity contribution in [1.29, 1.82) is 0 Å². The molecule has 2 N–H and O–H groups in total. The van der Waals surface area contributed by atoms with Crippen LogP contribution in [0.1, 0.15) is 50.8 Å². The Bertz CT molecular complexity index is 767. The fourth-order valence-corrected chi connectivity index (χ4v) is 2.26. The van der Waals surface area contributed by atoms with E-state index in [-0.39, 0.29) is 11.8 Å². The lowest BCUT2D eigenvalue weighted by Crippen LogP contribution is -2.24. The first kappa shape index (κ1) is 19.2. The van der Waals surface area contributed by atoms with Gasteiger partial charge in [0.1, 0.15) is 0 Å². The fraction of sp³-hybridized carbons (Fsp3) is 0.250. The molecule has 2 rings (SSSR count). The molecule has 6 heteroatoms. The van der Waals surface area contributed by atoms with Crippen molar-refractivity contribution in [2.24, 2.45) is 0 Å². The number of ether oxygens (including phenoxy) is 1. The molecule has 26 heavy (non-hydrogen) atoms. The van der Waals surface area contributed by atoms with E-state index in [1.54, 1.807) is 36.4 Å². The minimum absolute atomic E-state index is 0.130. The summed E-state index contributed by atoms with van der Waals surface area (Å²) in [5.74, 6) is -0.888. The Balaban J connectivity index is 1.96. The van der Waals surface area contributed by atoms with Crippen LogP contribution in [0.4, 0.5) is 5.69 Å². The number of benzene rings is 2. The molecule has 2 aromatic rings. The van der Waals surface area contributed by atoms with Crippen molar-refractivity contribution in [2.45, 2.75) is 19.8 Å². The SMILES string of the molecule is CCCCNC(=O)c1ccc(NC(=O)c2ccc(C(=O)OC)cc2)cc1. The third-order valence-corrected chi connectivity index (χ3v) is 3.79. The van der Waals surface area contributed by atoms with E-state index in [0.29, 0.717) is 28.9 Å². The van der Waals surface area contributed by atoms with Crippen molar-refractivity contribution < 1.29 is 19.1 Å². The highest BCUT2D eigenvalue weighted by molar-refractivity contribution is 6.05. The number of unbranched alkanes of at least 4 members (excludes halogenated alkanes) is 1. The maximum absolute atomic E-state index is 12.3. The van der Waals surface area contributed by atoms with E-state index >= 15 is 0 Å². The van der Waals surface area contributed by atoms with Crippen LogP contribution in [0.2, 0.25) is 0 Å². The average Bonchev–Trinajstić information content (AvgIpc) is 2.68. The van der Waals surface area contributed by atoms with Gasteiger partial charge in [0, 0.05) is 23.4 Å². The molecule has 6 nitrogen and oxygen atoms in total. The van der Waals surface area contributed by atoms with Crippen LogP contribution < -0.4 is 10.6 Å². The topological polar surface area (TPSA) is 84.5 Å². The zero-order chi connectivity index (χ0) is 18.9. The lowest BCUT2D eigenvalue weighted by atomic mass is 10.1. The van der Waals surface area contributed by atoms with Gasteiger partial charge in [-0.25, -0.2) is 4.79 Å². The van der Waals surface area contributed by atoms with Crippen LogP contribution in [0, 0.1) is 0 Å². The van der Waals surface area contributed by atoms with Gasteiger partial charge in [0.25, 0.3) is 11.8 Å². The molecule has 0 atom stereocenters. The van der Waals surface area contributed by atoms with Crippen LogP contribution >= 0.6 is 0 Å². The number of anilines is 1. The van der Waals surface area contributed by atoms with Crippen LogP contribution in [0.15, 0.2) is 48.5 Å². The first-order chi connectivity index (χ1) is 12.5. The number of rotatable bonds is 7. The van der Waals surface area contributed by atoms with Crippen LogP contribution in [0.25, 0.3) is 0 Å². The number of hydrogen-bond donors (Lipinski definition) is 2. The van der Waals surface area contributed by atoms with E-state index in [2.05, 4.69) is 22.3 Å². The van der Waals surface area contributed by atoms with Crippen molar-refractivity contribution in [3.63, 3.8) is 0 Å². The summed E-state index contributed by atoms with van der Waals surface area (Å²) in [6, 6.07) is 12.8. The Labute approximate surface area is 152 Å². The summed E-state index contributed by atoms with van der Waals surface area (Å²) in [5, 5.41) is 5.59. The molecular formula is C20H22N2O4. The van der Waals surface area contributed by atoms with Crippen LogP contribution in [-0.4, -0.2) is 31.4 Å². The van der Waals surface area contributed by atoms with E-state index in [1.807, 2.05) is 0 Å². The molecule has 2 aromatic carbocycles. The smallest absolute Gasteiger partial charge is 0.337 e. The monoisotopic (exact) mass is 354 g/mol. The summed E-state index contributed by atoms with van der Waals surface area (Å²) in [4.78, 5) is 35.6. The molecule has 0 saturated heterocycles. The van der Waals surface area contributed by atoms with Crippen molar-refractivity contribution in [2.75, 3.05) is 19.0 Å². The Morgan fingerprint density at radius 2 is 1.38 bits per heavy atom. The minimum atomic E-state index is -0.454. The maximum Gasteiger partial charge on any atom is 0.337 e. The summed E-state index contributed by atoms with van der Waals surface area (Å²) in [5.41, 5.74) is 1.92. The van der Waals surface area contributed by atoms with Gasteiger partial charge >= 0.3 is 5.97 Å². The Hall–Kier alpha value is -3.15. The number of esters is 1. The van der Waals surface area contributed by atoms with Crippen LogP contribution in [0.5, 0.6) is 0 Å². The number of carbonyl (C=O) groups excluding carboxylic acids is 3. The molecule has 2 amide bonds. The molecule has 136 valence electrons. The molecule has 0 bridgehead atoms. The fourth-order valence-electron chi connectivity index (χ4n) is 2.26. The molecule has 0 fully saturated rings. The van der Waals surface area contributed by atoms with Crippen LogP contribution in [-0.2, 0) is 4.74 Å². The van der Waals surface area contributed by atoms with Gasteiger partial charge in [-0.1, -0.05) is 13.3 Å². The summed E-state index contributed by atoms with van der Waals surface area (Å²) >= 11 is 0. The van der Waals surface area contributed by atoms with E-state index in [4.69, 9.17) is 0 Å². The predicted molar refractivity (Wildman–Crippen MR) is 99.4 cm³/mol. The van der Waals surface area contributed by atoms with Gasteiger partial charge in [0.2, 0.25) is 0 Å². The average molecular weight is 354 g/mol. The maximum atomic E-state index is 12.3. The molecule has 0 saturated carbocycles. The summed E-state index contributed by atoms with van der Waals surface area (Å²) in [6.07, 6.45) is 1.96. The van der Waals surface area contributed by atoms with Crippen molar-refractivity contribution in [3.05, 3.63) is 65.2 Å². The summed E-state index contributed by atoms with van der Waals surface area (Å²) in [7, 11) is 1.30. The molecule has 0 unspecified atom stereocenters. The van der Waals surface area contributed by atoms with Crippen molar-refractivity contribution in [1.82, 2.24) is 5.32 Å². The van der Waals surface area contributed by atoms with E-state index < -0.39 is 5.97 Å². The number of nitrogens with one attached hydrogen (secondary N) is 2.